The lowest BCUT2D eigenvalue weighted by molar-refractivity contribution is 0.0973. The van der Waals surface area contributed by atoms with E-state index in [4.69, 9.17) is 22.4 Å². The van der Waals surface area contributed by atoms with Crippen LogP contribution in [0.25, 0.3) is 22.9 Å². The fourth-order valence-corrected chi connectivity index (χ4v) is 2.88. The monoisotopic (exact) mass is 420 g/mol. The van der Waals surface area contributed by atoms with E-state index in [1.54, 1.807) is 60.9 Å². The van der Waals surface area contributed by atoms with E-state index in [9.17, 15) is 9.59 Å². The first-order valence-corrected chi connectivity index (χ1v) is 9.22. The highest BCUT2D eigenvalue weighted by molar-refractivity contribution is 7.71. The predicted molar refractivity (Wildman–Crippen MR) is 116 cm³/mol. The SMILES string of the molecule is Nc1ccc(C(=O)N/C(=C\C=C\c2ccco2)c2nc3[nH]c(=S)[nH]c(=O)c3[nH]2)cc1. The molecule has 0 fully saturated rings. The van der Waals surface area contributed by atoms with Crippen LogP contribution in [0.1, 0.15) is 21.9 Å². The van der Waals surface area contributed by atoms with Crippen molar-refractivity contribution in [1.82, 2.24) is 25.3 Å². The summed E-state index contributed by atoms with van der Waals surface area (Å²) in [7, 11) is 0. The molecule has 0 atom stereocenters. The number of fused-ring (bicyclic) bond motifs is 1. The highest BCUT2D eigenvalue weighted by atomic mass is 32.1. The van der Waals surface area contributed by atoms with Gasteiger partial charge in [0.2, 0.25) is 0 Å². The van der Waals surface area contributed by atoms with Gasteiger partial charge in [-0.1, -0.05) is 6.08 Å². The highest BCUT2D eigenvalue weighted by Crippen LogP contribution is 2.14. The van der Waals surface area contributed by atoms with Crippen molar-refractivity contribution in [2.24, 2.45) is 0 Å². The molecule has 0 bridgehead atoms. The molecule has 6 N–H and O–H groups in total. The highest BCUT2D eigenvalue weighted by Gasteiger charge is 2.14. The average molecular weight is 420 g/mol. The van der Waals surface area contributed by atoms with Gasteiger partial charge in [-0.05, 0) is 60.8 Å². The van der Waals surface area contributed by atoms with E-state index >= 15 is 0 Å². The molecule has 4 rings (SSSR count). The summed E-state index contributed by atoms with van der Waals surface area (Å²) in [6, 6.07) is 10.0. The molecule has 3 heterocycles. The summed E-state index contributed by atoms with van der Waals surface area (Å²) in [5.41, 5.74) is 7.06. The van der Waals surface area contributed by atoms with Gasteiger partial charge in [0.05, 0.1) is 12.0 Å². The van der Waals surface area contributed by atoms with Gasteiger partial charge >= 0.3 is 0 Å². The number of amides is 1. The van der Waals surface area contributed by atoms with Crippen LogP contribution in [-0.2, 0) is 0 Å². The van der Waals surface area contributed by atoms with Gasteiger partial charge in [0, 0.05) is 11.3 Å². The molecule has 9 nitrogen and oxygen atoms in total. The van der Waals surface area contributed by atoms with Crippen molar-refractivity contribution < 1.29 is 9.21 Å². The van der Waals surface area contributed by atoms with Crippen molar-refractivity contribution in [3.63, 3.8) is 0 Å². The maximum absolute atomic E-state index is 12.7. The summed E-state index contributed by atoms with van der Waals surface area (Å²) in [6.07, 6.45) is 6.61. The summed E-state index contributed by atoms with van der Waals surface area (Å²) in [4.78, 5) is 37.4. The average Bonchev–Trinajstić information content (AvgIpc) is 3.37. The van der Waals surface area contributed by atoms with Crippen molar-refractivity contribution in [3.8, 4) is 0 Å². The van der Waals surface area contributed by atoms with Crippen LogP contribution in [0, 0.1) is 4.77 Å². The Morgan fingerprint density at radius 3 is 2.70 bits per heavy atom. The quantitative estimate of drug-likeness (QED) is 0.191. The molecule has 0 radical (unpaired) electrons. The molecule has 150 valence electrons. The number of H-pyrrole nitrogens is 3. The molecule has 0 aliphatic heterocycles. The van der Waals surface area contributed by atoms with Crippen LogP contribution in [0.15, 0.2) is 64.0 Å². The number of carbonyl (C=O) groups excluding carboxylic acids is 1. The minimum absolute atomic E-state index is 0.153. The second kappa shape index (κ2) is 8.05. The lowest BCUT2D eigenvalue weighted by Crippen LogP contribution is -2.22. The van der Waals surface area contributed by atoms with Crippen LogP contribution in [0.5, 0.6) is 0 Å². The maximum Gasteiger partial charge on any atom is 0.277 e. The number of nitrogens with one attached hydrogen (secondary N) is 4. The molecule has 3 aromatic heterocycles. The van der Waals surface area contributed by atoms with Gasteiger partial charge in [0.25, 0.3) is 11.5 Å². The third kappa shape index (κ3) is 4.13. The minimum Gasteiger partial charge on any atom is -0.465 e. The molecule has 0 aliphatic carbocycles. The molecule has 1 amide bonds. The number of nitrogen functional groups attached to an aromatic ring is 1. The molecule has 0 aliphatic rings. The molecule has 0 unspecified atom stereocenters. The Labute approximate surface area is 174 Å². The number of benzene rings is 1. The number of nitrogens with two attached hydrogens (primary N) is 1. The number of imidazole rings is 1. The summed E-state index contributed by atoms with van der Waals surface area (Å²) in [6.45, 7) is 0. The van der Waals surface area contributed by atoms with E-state index in [2.05, 4.69) is 25.3 Å². The number of aromatic nitrogens is 4. The number of allylic oxidation sites excluding steroid dienone is 2. The Bertz CT molecular complexity index is 1370. The van der Waals surface area contributed by atoms with Crippen molar-refractivity contribution >= 4 is 46.7 Å². The van der Waals surface area contributed by atoms with Crippen molar-refractivity contribution in [2.75, 3.05) is 5.73 Å². The largest absolute Gasteiger partial charge is 0.465 e. The first kappa shape index (κ1) is 19.2. The minimum atomic E-state index is -0.414. The van der Waals surface area contributed by atoms with Gasteiger partial charge in [-0.3, -0.25) is 14.6 Å². The normalized spacial score (nSPS) is 11.9. The van der Waals surface area contributed by atoms with Crippen LogP contribution in [0.2, 0.25) is 0 Å². The van der Waals surface area contributed by atoms with Gasteiger partial charge in [-0.2, -0.15) is 0 Å². The molecule has 0 saturated carbocycles. The Hall–Kier alpha value is -4.18. The third-order valence-corrected chi connectivity index (χ3v) is 4.34. The summed E-state index contributed by atoms with van der Waals surface area (Å²) in [5.74, 6) is 0.552. The van der Waals surface area contributed by atoms with Gasteiger partial charge < -0.3 is 25.4 Å². The van der Waals surface area contributed by atoms with E-state index in [0.717, 1.165) is 0 Å². The lowest BCUT2D eigenvalue weighted by Gasteiger charge is -2.07. The Morgan fingerprint density at radius 1 is 1.17 bits per heavy atom. The summed E-state index contributed by atoms with van der Waals surface area (Å²) in [5, 5.41) is 2.80. The zero-order chi connectivity index (χ0) is 21.1. The predicted octanol–water partition coefficient (Wildman–Crippen LogP) is 2.97. The van der Waals surface area contributed by atoms with Crippen molar-refractivity contribution in [1.29, 1.82) is 0 Å². The maximum atomic E-state index is 12.7. The van der Waals surface area contributed by atoms with Crippen molar-refractivity contribution in [3.05, 3.63) is 87.1 Å². The van der Waals surface area contributed by atoms with E-state index in [1.807, 2.05) is 0 Å². The molecule has 0 spiro atoms. The fourth-order valence-electron chi connectivity index (χ4n) is 2.69. The standard InChI is InChI=1S/C20H16N6O3S/c21-12-8-6-11(7-9-12)18(27)22-14(5-1-3-13-4-2-10-29-13)16-23-15-17(24-16)25-20(30)26-19(15)28/h1-10H,21H2,(H,22,27)(H3,23,24,25,26,28,30)/b3-1+,14-5-. The number of furan rings is 1. The number of hydrogen-bond donors (Lipinski definition) is 5. The number of rotatable bonds is 5. The first-order chi connectivity index (χ1) is 14.5. The molecule has 1 aromatic carbocycles. The van der Waals surface area contributed by atoms with Crippen LogP contribution in [0.3, 0.4) is 0 Å². The number of anilines is 1. The number of aromatic amines is 3. The topological polar surface area (TPSA) is 146 Å². The van der Waals surface area contributed by atoms with E-state index < -0.39 is 5.56 Å². The summed E-state index contributed by atoms with van der Waals surface area (Å²) >= 11 is 4.98. The number of carbonyl (C=O) groups is 1. The molecular formula is C20H16N6O3S. The Kier molecular flexibility index (Phi) is 5.14. The molecule has 0 saturated heterocycles. The van der Waals surface area contributed by atoms with Gasteiger partial charge in [0.15, 0.2) is 16.2 Å². The lowest BCUT2D eigenvalue weighted by atomic mass is 10.2. The van der Waals surface area contributed by atoms with Crippen LogP contribution in [0.4, 0.5) is 5.69 Å². The number of nitrogens with zero attached hydrogens (tertiary/aromatic N) is 1. The van der Waals surface area contributed by atoms with Crippen LogP contribution in [-0.4, -0.2) is 25.8 Å². The summed E-state index contributed by atoms with van der Waals surface area (Å²) < 4.78 is 5.41. The molecule has 30 heavy (non-hydrogen) atoms. The second-order valence-corrected chi connectivity index (χ2v) is 6.66. The van der Waals surface area contributed by atoms with E-state index in [1.165, 1.54) is 0 Å². The Balaban J connectivity index is 1.72. The Morgan fingerprint density at radius 2 is 1.97 bits per heavy atom. The van der Waals surface area contributed by atoms with Crippen molar-refractivity contribution in [2.45, 2.75) is 0 Å². The van der Waals surface area contributed by atoms with E-state index in [-0.39, 0.29) is 27.7 Å². The van der Waals surface area contributed by atoms with Crippen LogP contribution < -0.4 is 16.6 Å². The third-order valence-electron chi connectivity index (χ3n) is 4.13. The second-order valence-electron chi connectivity index (χ2n) is 6.25. The first-order valence-electron chi connectivity index (χ1n) is 8.81. The van der Waals surface area contributed by atoms with Gasteiger partial charge in [0.1, 0.15) is 11.3 Å². The smallest absolute Gasteiger partial charge is 0.277 e. The van der Waals surface area contributed by atoms with Crippen LogP contribution >= 0.6 is 12.2 Å². The zero-order valence-corrected chi connectivity index (χ0v) is 16.2. The van der Waals surface area contributed by atoms with Gasteiger partial charge in [-0.25, -0.2) is 4.98 Å². The molecule has 4 aromatic rings. The molecule has 10 heteroatoms. The zero-order valence-electron chi connectivity index (χ0n) is 15.4. The van der Waals surface area contributed by atoms with E-state index in [0.29, 0.717) is 22.7 Å². The van der Waals surface area contributed by atoms with Gasteiger partial charge in [-0.15, -0.1) is 0 Å². The molecular weight excluding hydrogens is 404 g/mol. The fraction of sp³-hybridized carbons (Fsp3) is 0. The number of hydrogen-bond acceptors (Lipinski definition) is 6.